The molecule has 6 nitrogen and oxygen atoms in total. The Bertz CT molecular complexity index is 1000. The van der Waals surface area contributed by atoms with E-state index in [1.165, 1.54) is 12.1 Å². The van der Waals surface area contributed by atoms with Crippen molar-refractivity contribution >= 4 is 21.6 Å². The zero-order chi connectivity index (χ0) is 22.6. The molecule has 2 aromatic carbocycles. The number of nitrogens with one attached hydrogen (secondary N) is 1. The van der Waals surface area contributed by atoms with E-state index < -0.39 is 11.3 Å². The SMILES string of the molecule is [B]C(C)(F)C([B])(F)Oc1ccc(-n2nc(-c3ccc(C)cc3)nc2NCCOC)cc1. The first-order valence-corrected chi connectivity index (χ1v) is 9.62. The number of hydrogen-bond acceptors (Lipinski definition) is 5. The number of ether oxygens (including phenoxy) is 2. The van der Waals surface area contributed by atoms with Gasteiger partial charge in [-0.3, -0.25) is 0 Å². The molecule has 0 spiro atoms. The van der Waals surface area contributed by atoms with Gasteiger partial charge in [-0.05, 0) is 38.1 Å². The smallest absolute Gasteiger partial charge is 0.226 e. The Balaban J connectivity index is 1.90. The van der Waals surface area contributed by atoms with Crippen LogP contribution in [-0.4, -0.2) is 62.0 Å². The van der Waals surface area contributed by atoms with Crippen molar-refractivity contribution < 1.29 is 18.3 Å². The van der Waals surface area contributed by atoms with Crippen LogP contribution in [0.5, 0.6) is 5.75 Å². The number of alkyl halides is 2. The van der Waals surface area contributed by atoms with Crippen molar-refractivity contribution in [1.29, 1.82) is 0 Å². The molecule has 1 heterocycles. The van der Waals surface area contributed by atoms with Crippen molar-refractivity contribution in [3.63, 3.8) is 0 Å². The molecule has 0 saturated heterocycles. The normalized spacial score (nSPS) is 15.1. The minimum absolute atomic E-state index is 0.0100. The van der Waals surface area contributed by atoms with E-state index in [1.54, 1.807) is 23.9 Å². The van der Waals surface area contributed by atoms with Crippen molar-refractivity contribution in [2.24, 2.45) is 0 Å². The highest BCUT2D eigenvalue weighted by molar-refractivity contribution is 6.24. The third kappa shape index (κ3) is 5.44. The fraction of sp³-hybridized carbons (Fsp3) is 0.333. The molecule has 0 saturated carbocycles. The molecule has 1 N–H and O–H groups in total. The molecule has 0 bridgehead atoms. The fourth-order valence-corrected chi connectivity index (χ4v) is 2.62. The van der Waals surface area contributed by atoms with Crippen LogP contribution in [0.2, 0.25) is 0 Å². The molecular formula is C21H22B2F2N4O2. The fourth-order valence-electron chi connectivity index (χ4n) is 2.62. The maximum absolute atomic E-state index is 14.2. The Morgan fingerprint density at radius 2 is 1.71 bits per heavy atom. The molecule has 0 amide bonds. The van der Waals surface area contributed by atoms with Gasteiger partial charge in [0.15, 0.2) is 13.7 Å². The Kier molecular flexibility index (Phi) is 6.69. The van der Waals surface area contributed by atoms with Crippen LogP contribution in [-0.2, 0) is 4.74 Å². The molecule has 1 aromatic heterocycles. The Morgan fingerprint density at radius 1 is 1.06 bits per heavy atom. The number of rotatable bonds is 9. The topological polar surface area (TPSA) is 61.2 Å². The van der Waals surface area contributed by atoms with Crippen LogP contribution in [0.1, 0.15) is 12.5 Å². The van der Waals surface area contributed by atoms with Crippen molar-refractivity contribution in [1.82, 2.24) is 14.8 Å². The highest BCUT2D eigenvalue weighted by Gasteiger charge is 2.42. The predicted octanol–water partition coefficient (Wildman–Crippen LogP) is 3.33. The minimum Gasteiger partial charge on any atom is -0.465 e. The number of aryl methyl sites for hydroxylation is 1. The van der Waals surface area contributed by atoms with Crippen LogP contribution in [0.15, 0.2) is 48.5 Å². The number of anilines is 1. The van der Waals surface area contributed by atoms with Crippen molar-refractivity contribution in [2.75, 3.05) is 25.6 Å². The van der Waals surface area contributed by atoms with Crippen LogP contribution >= 0.6 is 0 Å². The van der Waals surface area contributed by atoms with Gasteiger partial charge in [-0.15, -0.1) is 5.10 Å². The third-order valence-corrected chi connectivity index (χ3v) is 4.52. The number of halogens is 2. The number of hydrogen-bond donors (Lipinski definition) is 1. The van der Waals surface area contributed by atoms with E-state index in [0.717, 1.165) is 18.1 Å². The first-order valence-electron chi connectivity index (χ1n) is 9.62. The lowest BCUT2D eigenvalue weighted by Gasteiger charge is -2.32. The van der Waals surface area contributed by atoms with E-state index in [-0.39, 0.29) is 5.75 Å². The first kappa shape index (κ1) is 22.8. The molecule has 3 aromatic rings. The van der Waals surface area contributed by atoms with Gasteiger partial charge in [-0.1, -0.05) is 29.8 Å². The van der Waals surface area contributed by atoms with Crippen LogP contribution in [0.3, 0.4) is 0 Å². The molecular weight excluding hydrogens is 400 g/mol. The summed E-state index contributed by atoms with van der Waals surface area (Å²) >= 11 is 0. The second-order valence-corrected chi connectivity index (χ2v) is 7.27. The minimum atomic E-state index is -3.19. The molecule has 3 rings (SSSR count). The molecule has 158 valence electrons. The second kappa shape index (κ2) is 9.09. The van der Waals surface area contributed by atoms with Crippen LogP contribution < -0.4 is 10.1 Å². The summed E-state index contributed by atoms with van der Waals surface area (Å²) in [7, 11) is 11.9. The molecule has 2 atom stereocenters. The highest BCUT2D eigenvalue weighted by atomic mass is 19.2. The zero-order valence-electron chi connectivity index (χ0n) is 17.6. The lowest BCUT2D eigenvalue weighted by atomic mass is 9.70. The quantitative estimate of drug-likeness (QED) is 0.424. The van der Waals surface area contributed by atoms with Gasteiger partial charge < -0.3 is 14.8 Å². The molecule has 2 unspecified atom stereocenters. The van der Waals surface area contributed by atoms with Gasteiger partial charge in [-0.25, -0.2) is 8.78 Å². The van der Waals surface area contributed by atoms with E-state index in [2.05, 4.69) is 15.4 Å². The van der Waals surface area contributed by atoms with Crippen molar-refractivity contribution in [2.45, 2.75) is 25.2 Å². The average Bonchev–Trinajstić information content (AvgIpc) is 3.12. The summed E-state index contributed by atoms with van der Waals surface area (Å²) in [4.78, 5) is 4.58. The van der Waals surface area contributed by atoms with Gasteiger partial charge in [0.25, 0.3) is 0 Å². The van der Waals surface area contributed by atoms with Crippen LogP contribution in [0.4, 0.5) is 14.7 Å². The maximum atomic E-state index is 14.2. The second-order valence-electron chi connectivity index (χ2n) is 7.27. The lowest BCUT2D eigenvalue weighted by molar-refractivity contribution is -0.0619. The van der Waals surface area contributed by atoms with E-state index >= 15 is 0 Å². The molecule has 0 aliphatic carbocycles. The monoisotopic (exact) mass is 422 g/mol. The van der Waals surface area contributed by atoms with Gasteiger partial charge in [0.1, 0.15) is 19.2 Å². The molecule has 4 radical (unpaired) electrons. The predicted molar refractivity (Wildman–Crippen MR) is 117 cm³/mol. The van der Waals surface area contributed by atoms with Gasteiger partial charge >= 0.3 is 0 Å². The number of benzene rings is 2. The average molecular weight is 422 g/mol. The van der Waals surface area contributed by atoms with Crippen LogP contribution in [0, 0.1) is 6.92 Å². The standard InChI is InChI=1S/C21H22B2F2N4O2/c1-14-4-6-15(7-5-14)18-27-19(26-12-13-30-3)29(28-18)16-8-10-17(11-9-16)31-21(23,25)20(2,22)24/h4-11H,12-13H2,1-3H3,(H,26,27,28). The van der Waals surface area contributed by atoms with E-state index in [1.807, 2.05) is 31.2 Å². The highest BCUT2D eigenvalue weighted by Crippen LogP contribution is 2.29. The lowest BCUT2D eigenvalue weighted by Crippen LogP contribution is -2.51. The Labute approximate surface area is 182 Å². The van der Waals surface area contributed by atoms with E-state index in [4.69, 9.17) is 25.2 Å². The molecule has 31 heavy (non-hydrogen) atoms. The number of aromatic nitrogens is 3. The molecule has 0 aliphatic heterocycles. The van der Waals surface area contributed by atoms with Crippen LogP contribution in [0.25, 0.3) is 17.1 Å². The summed E-state index contributed by atoms with van der Waals surface area (Å²) in [5.41, 5.74) is -0.272. The molecule has 10 heteroatoms. The summed E-state index contributed by atoms with van der Waals surface area (Å²) in [6.45, 7) is 3.80. The number of nitrogens with zero attached hydrogens (tertiary/aromatic N) is 3. The number of methoxy groups -OCH3 is 1. The van der Waals surface area contributed by atoms with Gasteiger partial charge in [0.05, 0.1) is 12.3 Å². The van der Waals surface area contributed by atoms with E-state index in [9.17, 15) is 8.78 Å². The summed E-state index contributed by atoms with van der Waals surface area (Å²) in [5, 5.41) is 7.76. The Morgan fingerprint density at radius 3 is 2.29 bits per heavy atom. The first-order chi connectivity index (χ1) is 14.6. The maximum Gasteiger partial charge on any atom is 0.226 e. The molecule has 0 fully saturated rings. The van der Waals surface area contributed by atoms with Gasteiger partial charge in [0, 0.05) is 19.2 Å². The summed E-state index contributed by atoms with van der Waals surface area (Å²) in [5.74, 6) is -2.15. The van der Waals surface area contributed by atoms with Gasteiger partial charge in [-0.2, -0.15) is 9.67 Å². The summed E-state index contributed by atoms with van der Waals surface area (Å²) in [6.07, 6.45) is 0. The summed E-state index contributed by atoms with van der Waals surface area (Å²) < 4.78 is 39.4. The Hall–Kier alpha value is -2.87. The largest absolute Gasteiger partial charge is 0.465 e. The van der Waals surface area contributed by atoms with Crippen molar-refractivity contribution in [3.05, 3.63) is 54.1 Å². The van der Waals surface area contributed by atoms with Crippen molar-refractivity contribution in [3.8, 4) is 22.8 Å². The molecule has 0 aliphatic rings. The summed E-state index contributed by atoms with van der Waals surface area (Å²) in [6, 6.07) is 13.9. The third-order valence-electron chi connectivity index (χ3n) is 4.52. The zero-order valence-corrected chi connectivity index (χ0v) is 17.6. The van der Waals surface area contributed by atoms with Gasteiger partial charge in [0.2, 0.25) is 11.7 Å². The van der Waals surface area contributed by atoms with E-state index in [0.29, 0.717) is 30.6 Å².